The van der Waals surface area contributed by atoms with Crippen molar-refractivity contribution >= 4 is 34.5 Å². The highest BCUT2D eigenvalue weighted by Crippen LogP contribution is 2.42. The first kappa shape index (κ1) is 18.5. The smallest absolute Gasteiger partial charge is 0.302 e. The van der Waals surface area contributed by atoms with Gasteiger partial charge in [-0.25, -0.2) is 4.99 Å². The molecule has 8 heteroatoms. The van der Waals surface area contributed by atoms with Crippen molar-refractivity contribution in [3.05, 3.63) is 36.4 Å². The van der Waals surface area contributed by atoms with Gasteiger partial charge in [0.15, 0.2) is 10.7 Å². The molecule has 0 aromatic heterocycles. The third kappa shape index (κ3) is 3.61. The maximum absolute atomic E-state index is 12.3. The fourth-order valence-electron chi connectivity index (χ4n) is 2.77. The van der Waals surface area contributed by atoms with Crippen molar-refractivity contribution in [1.29, 1.82) is 0 Å². The molecule has 1 amide bonds. The second-order valence-corrected chi connectivity index (χ2v) is 6.93. The number of benzene rings is 1. The van der Waals surface area contributed by atoms with Crippen LogP contribution in [-0.4, -0.2) is 48.3 Å². The molecule has 0 saturated carbocycles. The molecule has 0 N–H and O–H groups in total. The largest absolute Gasteiger partial charge is 0.497 e. The van der Waals surface area contributed by atoms with E-state index in [-0.39, 0.29) is 23.9 Å². The van der Waals surface area contributed by atoms with Gasteiger partial charge >= 0.3 is 5.97 Å². The number of nitrogens with zero attached hydrogens (tertiary/aromatic N) is 2. The minimum absolute atomic E-state index is 0.0638. The van der Waals surface area contributed by atoms with E-state index in [0.717, 1.165) is 0 Å². The van der Waals surface area contributed by atoms with Crippen molar-refractivity contribution in [2.75, 3.05) is 25.2 Å². The summed E-state index contributed by atoms with van der Waals surface area (Å²) in [5.41, 5.74) is -0.513. The van der Waals surface area contributed by atoms with Crippen molar-refractivity contribution in [2.45, 2.75) is 24.8 Å². The summed E-state index contributed by atoms with van der Waals surface area (Å²) in [6, 6.07) is 7.15. The molecular formula is C18H20N2O5S. The van der Waals surface area contributed by atoms with E-state index in [1.807, 2.05) is 12.2 Å². The molecule has 138 valence electrons. The van der Waals surface area contributed by atoms with Gasteiger partial charge in [-0.1, -0.05) is 23.9 Å². The normalized spacial score (nSPS) is 23.8. The number of methoxy groups -OCH3 is 1. The van der Waals surface area contributed by atoms with Crippen LogP contribution in [-0.2, 0) is 19.1 Å². The average Bonchev–Trinajstić information content (AvgIpc) is 2.99. The number of amides is 1. The number of ether oxygens (including phenoxy) is 3. The maximum Gasteiger partial charge on any atom is 0.302 e. The first-order valence-electron chi connectivity index (χ1n) is 8.09. The molecule has 2 atom stereocenters. The Morgan fingerprint density at radius 2 is 2.08 bits per heavy atom. The Labute approximate surface area is 156 Å². The van der Waals surface area contributed by atoms with Crippen LogP contribution in [0, 0.1) is 0 Å². The molecule has 1 aromatic carbocycles. The van der Waals surface area contributed by atoms with E-state index in [2.05, 4.69) is 0 Å². The van der Waals surface area contributed by atoms with Gasteiger partial charge in [0.2, 0.25) is 5.91 Å². The number of hydrogen-bond donors (Lipinski definition) is 0. The number of amidine groups is 1. The summed E-state index contributed by atoms with van der Waals surface area (Å²) >= 11 is 1.35. The highest BCUT2D eigenvalue weighted by Gasteiger charge is 2.48. The first-order valence-corrected chi connectivity index (χ1v) is 8.97. The lowest BCUT2D eigenvalue weighted by Crippen LogP contribution is -2.43. The first-order chi connectivity index (χ1) is 12.4. The molecule has 2 aliphatic rings. The van der Waals surface area contributed by atoms with E-state index in [0.29, 0.717) is 23.2 Å². The molecule has 0 radical (unpaired) electrons. The zero-order chi connectivity index (χ0) is 18.7. The molecule has 0 spiro atoms. The minimum atomic E-state index is -0.829. The van der Waals surface area contributed by atoms with Crippen molar-refractivity contribution in [2.24, 2.45) is 4.99 Å². The number of hydrogen-bond acceptors (Lipinski definition) is 7. The van der Waals surface area contributed by atoms with Crippen LogP contribution in [0.15, 0.2) is 41.4 Å². The van der Waals surface area contributed by atoms with Gasteiger partial charge in [0.05, 0.1) is 19.4 Å². The summed E-state index contributed by atoms with van der Waals surface area (Å²) in [7, 11) is 1.59. The number of thioether (sulfide) groups is 1. The highest BCUT2D eigenvalue weighted by atomic mass is 32.2. The van der Waals surface area contributed by atoms with Gasteiger partial charge < -0.3 is 14.2 Å². The standard InChI is InChI=1S/C18H20N2O5S/c1-12(21)20(14-5-7-15(23-3)8-6-14)17-19-18(11-25-13(2)22)9-4-10-24-16(18)26-17/h4-9,16H,10-11H2,1-3H3. The SMILES string of the molecule is COc1ccc(N(C(C)=O)C2=NC3(COC(C)=O)C=CCOC3S2)cc1. The quantitative estimate of drug-likeness (QED) is 0.593. The van der Waals surface area contributed by atoms with Gasteiger partial charge in [0.1, 0.15) is 17.8 Å². The molecule has 2 unspecified atom stereocenters. The van der Waals surface area contributed by atoms with Crippen LogP contribution in [0.1, 0.15) is 13.8 Å². The number of esters is 1. The predicted molar refractivity (Wildman–Crippen MR) is 99.4 cm³/mol. The fraction of sp³-hybridized carbons (Fsp3) is 0.389. The number of carbonyl (C=O) groups excluding carboxylic acids is 2. The van der Waals surface area contributed by atoms with E-state index < -0.39 is 5.54 Å². The number of anilines is 1. The summed E-state index contributed by atoms with van der Waals surface area (Å²) in [6.07, 6.45) is 3.73. The third-order valence-corrected chi connectivity index (χ3v) is 5.26. The highest BCUT2D eigenvalue weighted by molar-refractivity contribution is 8.15. The Hall–Kier alpha value is -2.32. The van der Waals surface area contributed by atoms with E-state index in [1.54, 1.807) is 31.4 Å². The zero-order valence-corrected chi connectivity index (χ0v) is 15.6. The van der Waals surface area contributed by atoms with Gasteiger partial charge in [-0.05, 0) is 24.3 Å². The van der Waals surface area contributed by atoms with Gasteiger partial charge in [-0.2, -0.15) is 0 Å². The summed E-state index contributed by atoms with van der Waals surface area (Å²) in [4.78, 5) is 29.8. The number of carbonyl (C=O) groups is 2. The van der Waals surface area contributed by atoms with Crippen molar-refractivity contribution < 1.29 is 23.8 Å². The van der Waals surface area contributed by atoms with Crippen molar-refractivity contribution in [3.63, 3.8) is 0 Å². The Morgan fingerprint density at radius 3 is 2.69 bits per heavy atom. The summed E-state index contributed by atoms with van der Waals surface area (Å²) in [6.45, 7) is 3.34. The monoisotopic (exact) mass is 376 g/mol. The summed E-state index contributed by atoms with van der Waals surface area (Å²) in [5, 5.41) is 0.506. The van der Waals surface area contributed by atoms with Crippen molar-refractivity contribution in [1.82, 2.24) is 0 Å². The molecular weight excluding hydrogens is 356 g/mol. The Morgan fingerprint density at radius 1 is 1.35 bits per heavy atom. The zero-order valence-electron chi connectivity index (χ0n) is 14.8. The van der Waals surface area contributed by atoms with Crippen LogP contribution in [0.2, 0.25) is 0 Å². The predicted octanol–water partition coefficient (Wildman–Crippen LogP) is 2.37. The maximum atomic E-state index is 12.3. The van der Waals surface area contributed by atoms with Gasteiger partial charge in [0, 0.05) is 13.8 Å². The summed E-state index contributed by atoms with van der Waals surface area (Å²) in [5.74, 6) is 0.139. The van der Waals surface area contributed by atoms with Gasteiger partial charge in [-0.15, -0.1) is 0 Å². The van der Waals surface area contributed by atoms with Crippen LogP contribution >= 0.6 is 11.8 Å². The lowest BCUT2D eigenvalue weighted by atomic mass is 10.0. The molecule has 26 heavy (non-hydrogen) atoms. The van der Waals surface area contributed by atoms with Crippen LogP contribution in [0.4, 0.5) is 5.69 Å². The van der Waals surface area contributed by atoms with E-state index in [9.17, 15) is 9.59 Å². The molecule has 0 bridgehead atoms. The second-order valence-electron chi connectivity index (χ2n) is 5.90. The molecule has 1 aromatic rings. The van der Waals surface area contributed by atoms with Crippen molar-refractivity contribution in [3.8, 4) is 5.75 Å². The minimum Gasteiger partial charge on any atom is -0.497 e. The van der Waals surface area contributed by atoms with E-state index in [4.69, 9.17) is 19.2 Å². The number of aliphatic imine (C=N–C) groups is 1. The molecule has 0 aliphatic carbocycles. The summed E-state index contributed by atoms with van der Waals surface area (Å²) < 4.78 is 16.1. The second kappa shape index (κ2) is 7.51. The van der Waals surface area contributed by atoms with Crippen LogP contribution in [0.5, 0.6) is 5.75 Å². The molecule has 2 aliphatic heterocycles. The lowest BCUT2D eigenvalue weighted by Gasteiger charge is -2.30. The Bertz CT molecular complexity index is 761. The Kier molecular flexibility index (Phi) is 5.33. The number of fused-ring (bicyclic) bond motifs is 1. The van der Waals surface area contributed by atoms with E-state index >= 15 is 0 Å². The van der Waals surface area contributed by atoms with E-state index in [1.165, 1.54) is 30.5 Å². The fourth-order valence-corrected chi connectivity index (χ4v) is 4.07. The van der Waals surface area contributed by atoms with Gasteiger partial charge in [-0.3, -0.25) is 14.5 Å². The molecule has 7 nitrogen and oxygen atoms in total. The topological polar surface area (TPSA) is 77.4 Å². The number of rotatable bonds is 4. The van der Waals surface area contributed by atoms with Crippen LogP contribution in [0.25, 0.3) is 0 Å². The average molecular weight is 376 g/mol. The molecule has 0 saturated heterocycles. The third-order valence-electron chi connectivity index (χ3n) is 4.02. The Balaban J connectivity index is 1.94. The van der Waals surface area contributed by atoms with Crippen LogP contribution in [0.3, 0.4) is 0 Å². The lowest BCUT2D eigenvalue weighted by molar-refractivity contribution is -0.143. The molecule has 3 rings (SSSR count). The van der Waals surface area contributed by atoms with Gasteiger partial charge in [0.25, 0.3) is 0 Å². The molecule has 0 fully saturated rings. The molecule has 2 heterocycles. The van der Waals surface area contributed by atoms with Crippen LogP contribution < -0.4 is 9.64 Å².